The molecule has 6 nitrogen and oxygen atoms in total. The molecule has 1 aromatic heterocycles. The summed E-state index contributed by atoms with van der Waals surface area (Å²) < 4.78 is 5.41. The standard InChI is InChI=1S/C10H19N5O/c1-4-16-7(2)5-12-9-8(3)10(15-11)14-6-13-9/h6-7H,4-5,11H2,1-3H3,(H2,12,13,14,15). The first-order valence-corrected chi connectivity index (χ1v) is 5.32. The number of hydrogen-bond donors (Lipinski definition) is 3. The molecule has 0 aliphatic rings. The average molecular weight is 225 g/mol. The van der Waals surface area contributed by atoms with Crippen LogP contribution in [0.5, 0.6) is 0 Å². The molecule has 0 fully saturated rings. The minimum Gasteiger partial charge on any atom is -0.377 e. The first kappa shape index (κ1) is 12.7. The monoisotopic (exact) mass is 225 g/mol. The summed E-state index contributed by atoms with van der Waals surface area (Å²) in [4.78, 5) is 8.15. The SMILES string of the molecule is CCOC(C)CNc1ncnc(NN)c1C. The highest BCUT2D eigenvalue weighted by molar-refractivity contribution is 5.55. The van der Waals surface area contributed by atoms with Crippen molar-refractivity contribution in [2.75, 3.05) is 23.9 Å². The first-order valence-electron chi connectivity index (χ1n) is 5.32. The molecule has 0 saturated carbocycles. The van der Waals surface area contributed by atoms with Gasteiger partial charge in [0.1, 0.15) is 18.0 Å². The molecule has 4 N–H and O–H groups in total. The van der Waals surface area contributed by atoms with Gasteiger partial charge in [-0.3, -0.25) is 0 Å². The summed E-state index contributed by atoms with van der Waals surface area (Å²) in [5.74, 6) is 6.73. The zero-order valence-corrected chi connectivity index (χ0v) is 9.95. The number of nitrogens with two attached hydrogens (primary N) is 1. The van der Waals surface area contributed by atoms with Crippen molar-refractivity contribution in [2.45, 2.75) is 26.9 Å². The zero-order valence-electron chi connectivity index (χ0n) is 9.95. The molecule has 1 atom stereocenters. The second kappa shape index (κ2) is 6.24. The number of hydrazine groups is 1. The Morgan fingerprint density at radius 1 is 1.44 bits per heavy atom. The lowest BCUT2D eigenvalue weighted by Crippen LogP contribution is -2.21. The zero-order chi connectivity index (χ0) is 12.0. The van der Waals surface area contributed by atoms with Gasteiger partial charge < -0.3 is 15.5 Å². The molecule has 0 aromatic carbocycles. The number of aromatic nitrogens is 2. The van der Waals surface area contributed by atoms with Crippen LogP contribution < -0.4 is 16.6 Å². The molecule has 0 aliphatic heterocycles. The van der Waals surface area contributed by atoms with Crippen LogP contribution in [0.2, 0.25) is 0 Å². The molecule has 1 aromatic rings. The Labute approximate surface area is 95.6 Å². The van der Waals surface area contributed by atoms with E-state index in [0.29, 0.717) is 19.0 Å². The minimum absolute atomic E-state index is 0.147. The number of ether oxygens (including phenoxy) is 1. The lowest BCUT2D eigenvalue weighted by molar-refractivity contribution is 0.0855. The largest absolute Gasteiger partial charge is 0.377 e. The number of rotatable bonds is 6. The third-order valence-corrected chi connectivity index (χ3v) is 2.23. The quantitative estimate of drug-likeness (QED) is 0.493. The van der Waals surface area contributed by atoms with Crippen LogP contribution in [-0.4, -0.2) is 29.2 Å². The van der Waals surface area contributed by atoms with Gasteiger partial charge in [0.15, 0.2) is 0 Å². The van der Waals surface area contributed by atoms with Crippen molar-refractivity contribution >= 4 is 11.6 Å². The molecule has 6 heteroatoms. The van der Waals surface area contributed by atoms with Crippen LogP contribution in [0.3, 0.4) is 0 Å². The molecule has 16 heavy (non-hydrogen) atoms. The summed E-state index contributed by atoms with van der Waals surface area (Å²) in [6.07, 6.45) is 1.62. The smallest absolute Gasteiger partial charge is 0.148 e. The van der Waals surface area contributed by atoms with Gasteiger partial charge in [0.25, 0.3) is 0 Å². The molecule has 0 saturated heterocycles. The van der Waals surface area contributed by atoms with Gasteiger partial charge in [0, 0.05) is 18.7 Å². The summed E-state index contributed by atoms with van der Waals surface area (Å²) in [7, 11) is 0. The Morgan fingerprint density at radius 2 is 2.12 bits per heavy atom. The topological polar surface area (TPSA) is 85.1 Å². The molecule has 0 amide bonds. The van der Waals surface area contributed by atoms with Crippen LogP contribution in [0, 0.1) is 6.92 Å². The summed E-state index contributed by atoms with van der Waals surface area (Å²) >= 11 is 0. The van der Waals surface area contributed by atoms with E-state index in [-0.39, 0.29) is 6.10 Å². The molecule has 0 aliphatic carbocycles. The van der Waals surface area contributed by atoms with E-state index in [1.165, 1.54) is 6.33 Å². The fourth-order valence-electron chi connectivity index (χ4n) is 1.36. The van der Waals surface area contributed by atoms with E-state index in [1.807, 2.05) is 20.8 Å². The Hall–Kier alpha value is -1.40. The molecule has 1 unspecified atom stereocenters. The second-order valence-corrected chi connectivity index (χ2v) is 3.49. The summed E-state index contributed by atoms with van der Waals surface area (Å²) in [6.45, 7) is 7.30. The third-order valence-electron chi connectivity index (χ3n) is 2.23. The van der Waals surface area contributed by atoms with Gasteiger partial charge in [-0.2, -0.15) is 0 Å². The van der Waals surface area contributed by atoms with Crippen LogP contribution >= 0.6 is 0 Å². The lowest BCUT2D eigenvalue weighted by atomic mass is 10.3. The fraction of sp³-hybridized carbons (Fsp3) is 0.600. The fourth-order valence-corrected chi connectivity index (χ4v) is 1.36. The number of hydrogen-bond acceptors (Lipinski definition) is 6. The van der Waals surface area contributed by atoms with Crippen molar-refractivity contribution in [3.63, 3.8) is 0 Å². The molecular weight excluding hydrogens is 206 g/mol. The molecule has 0 radical (unpaired) electrons. The third kappa shape index (κ3) is 3.32. The van der Waals surface area contributed by atoms with Crippen molar-refractivity contribution < 1.29 is 4.74 Å². The summed E-state index contributed by atoms with van der Waals surface area (Å²) in [6, 6.07) is 0. The van der Waals surface area contributed by atoms with E-state index in [2.05, 4.69) is 20.7 Å². The van der Waals surface area contributed by atoms with Gasteiger partial charge in [-0.15, -0.1) is 0 Å². The van der Waals surface area contributed by atoms with Crippen LogP contribution in [0.4, 0.5) is 11.6 Å². The van der Waals surface area contributed by atoms with Crippen LogP contribution in [0.1, 0.15) is 19.4 Å². The normalized spacial score (nSPS) is 12.2. The molecule has 1 rings (SSSR count). The van der Waals surface area contributed by atoms with Crippen LogP contribution in [0.25, 0.3) is 0 Å². The Morgan fingerprint density at radius 3 is 2.75 bits per heavy atom. The maximum Gasteiger partial charge on any atom is 0.148 e. The highest BCUT2D eigenvalue weighted by Crippen LogP contribution is 2.16. The van der Waals surface area contributed by atoms with Gasteiger partial charge in [-0.1, -0.05) is 0 Å². The Kier molecular flexibility index (Phi) is 4.94. The highest BCUT2D eigenvalue weighted by Gasteiger charge is 2.07. The van der Waals surface area contributed by atoms with Gasteiger partial charge in [0.05, 0.1) is 6.10 Å². The van der Waals surface area contributed by atoms with Gasteiger partial charge in [-0.25, -0.2) is 15.8 Å². The Bertz CT molecular complexity index is 331. The van der Waals surface area contributed by atoms with E-state index in [1.54, 1.807) is 0 Å². The van der Waals surface area contributed by atoms with Crippen LogP contribution in [0.15, 0.2) is 6.33 Å². The first-order chi connectivity index (χ1) is 7.69. The van der Waals surface area contributed by atoms with Gasteiger partial charge in [0.2, 0.25) is 0 Å². The maximum atomic E-state index is 5.41. The number of anilines is 2. The van der Waals surface area contributed by atoms with Crippen molar-refractivity contribution in [2.24, 2.45) is 5.84 Å². The molecule has 1 heterocycles. The van der Waals surface area contributed by atoms with E-state index < -0.39 is 0 Å². The number of nitrogens with zero attached hydrogens (tertiary/aromatic N) is 2. The van der Waals surface area contributed by atoms with Gasteiger partial charge >= 0.3 is 0 Å². The maximum absolute atomic E-state index is 5.41. The van der Waals surface area contributed by atoms with Crippen molar-refractivity contribution in [1.29, 1.82) is 0 Å². The van der Waals surface area contributed by atoms with Crippen molar-refractivity contribution in [3.8, 4) is 0 Å². The number of nitrogen functional groups attached to an aromatic ring is 1. The molecule has 90 valence electrons. The van der Waals surface area contributed by atoms with Crippen LogP contribution in [-0.2, 0) is 4.74 Å². The molecule has 0 bridgehead atoms. The minimum atomic E-state index is 0.147. The van der Waals surface area contributed by atoms with Crippen molar-refractivity contribution in [3.05, 3.63) is 11.9 Å². The predicted octanol–water partition coefficient (Wildman–Crippen LogP) is 0.908. The Balaban J connectivity index is 2.60. The van der Waals surface area contributed by atoms with E-state index in [0.717, 1.165) is 11.4 Å². The molecular formula is C10H19N5O. The van der Waals surface area contributed by atoms with E-state index in [9.17, 15) is 0 Å². The van der Waals surface area contributed by atoms with E-state index >= 15 is 0 Å². The van der Waals surface area contributed by atoms with Crippen molar-refractivity contribution in [1.82, 2.24) is 9.97 Å². The summed E-state index contributed by atoms with van der Waals surface area (Å²) in [5, 5.41) is 3.20. The molecule has 0 spiro atoms. The average Bonchev–Trinajstić information content (AvgIpc) is 2.28. The lowest BCUT2D eigenvalue weighted by Gasteiger charge is -2.15. The van der Waals surface area contributed by atoms with Gasteiger partial charge in [-0.05, 0) is 20.8 Å². The highest BCUT2D eigenvalue weighted by atomic mass is 16.5. The number of nitrogens with one attached hydrogen (secondary N) is 2. The summed E-state index contributed by atoms with van der Waals surface area (Å²) in [5.41, 5.74) is 3.42. The van der Waals surface area contributed by atoms with E-state index in [4.69, 9.17) is 10.6 Å². The predicted molar refractivity (Wildman–Crippen MR) is 64.2 cm³/mol. The second-order valence-electron chi connectivity index (χ2n) is 3.49.